The lowest BCUT2D eigenvalue weighted by atomic mass is 9.99. The van der Waals surface area contributed by atoms with Crippen molar-refractivity contribution in [3.63, 3.8) is 0 Å². The van der Waals surface area contributed by atoms with E-state index in [0.29, 0.717) is 38.2 Å². The predicted octanol–water partition coefficient (Wildman–Crippen LogP) is 3.21. The zero-order valence-corrected chi connectivity index (χ0v) is 19.2. The van der Waals surface area contributed by atoms with Crippen LogP contribution in [0, 0.1) is 11.7 Å². The molecular formula is C23H29FN4O4S. The van der Waals surface area contributed by atoms with Crippen molar-refractivity contribution in [1.29, 1.82) is 0 Å². The molecule has 33 heavy (non-hydrogen) atoms. The van der Waals surface area contributed by atoms with Gasteiger partial charge in [-0.2, -0.15) is 4.31 Å². The molecule has 2 aromatic rings. The van der Waals surface area contributed by atoms with E-state index in [9.17, 15) is 22.4 Å². The van der Waals surface area contributed by atoms with E-state index in [1.165, 1.54) is 34.8 Å². The minimum Gasteiger partial charge on any atom is -0.356 e. The van der Waals surface area contributed by atoms with Gasteiger partial charge in [-0.1, -0.05) is 18.9 Å². The maximum atomic E-state index is 13.4. The molecule has 8 nitrogen and oxygen atoms in total. The fourth-order valence-electron chi connectivity index (χ4n) is 4.43. The molecule has 0 bridgehead atoms. The molecule has 0 aliphatic carbocycles. The number of hydrogen-bond donors (Lipinski definition) is 2. The van der Waals surface area contributed by atoms with Crippen LogP contribution in [0.5, 0.6) is 0 Å². The molecule has 2 aliphatic heterocycles. The number of aromatic amines is 1. The maximum absolute atomic E-state index is 13.4. The summed E-state index contributed by atoms with van der Waals surface area (Å²) in [6.45, 7) is 1.68. The van der Waals surface area contributed by atoms with Gasteiger partial charge >= 0.3 is 0 Å². The highest BCUT2D eigenvalue weighted by Crippen LogP contribution is 2.26. The van der Waals surface area contributed by atoms with Gasteiger partial charge in [0.25, 0.3) is 5.91 Å². The lowest BCUT2D eigenvalue weighted by molar-refractivity contribution is -0.120. The van der Waals surface area contributed by atoms with E-state index >= 15 is 0 Å². The SMILES string of the molecule is O=C(Nc1cccc(F)c1)C1CCCN(S(=O)(=O)c2c[nH]c(C(=O)N3CCCCCC3)c2)C1. The highest BCUT2D eigenvalue weighted by atomic mass is 32.2. The van der Waals surface area contributed by atoms with Crippen LogP contribution in [0.1, 0.15) is 49.0 Å². The summed E-state index contributed by atoms with van der Waals surface area (Å²) in [4.78, 5) is 30.1. The number of piperidine rings is 1. The van der Waals surface area contributed by atoms with Gasteiger partial charge in [0.1, 0.15) is 16.4 Å². The Morgan fingerprint density at radius 1 is 1.03 bits per heavy atom. The molecule has 2 N–H and O–H groups in total. The monoisotopic (exact) mass is 476 g/mol. The summed E-state index contributed by atoms with van der Waals surface area (Å²) in [5, 5.41) is 2.67. The summed E-state index contributed by atoms with van der Waals surface area (Å²) < 4.78 is 41.1. The molecule has 2 aliphatic rings. The first-order chi connectivity index (χ1) is 15.8. The topological polar surface area (TPSA) is 103 Å². The van der Waals surface area contributed by atoms with E-state index in [2.05, 4.69) is 10.3 Å². The Morgan fingerprint density at radius 2 is 1.79 bits per heavy atom. The highest BCUT2D eigenvalue weighted by Gasteiger charge is 2.34. The molecule has 10 heteroatoms. The van der Waals surface area contributed by atoms with Crippen molar-refractivity contribution in [2.24, 2.45) is 5.92 Å². The molecule has 0 radical (unpaired) electrons. The molecule has 2 amide bonds. The summed E-state index contributed by atoms with van der Waals surface area (Å²) in [6.07, 6.45) is 6.50. The van der Waals surface area contributed by atoms with E-state index in [1.807, 2.05) is 0 Å². The molecular weight excluding hydrogens is 447 g/mol. The zero-order valence-electron chi connectivity index (χ0n) is 18.4. The molecule has 1 atom stereocenters. The first-order valence-electron chi connectivity index (χ1n) is 11.4. The van der Waals surface area contributed by atoms with Gasteiger partial charge in [-0.25, -0.2) is 12.8 Å². The second-order valence-corrected chi connectivity index (χ2v) is 10.6. The number of hydrogen-bond acceptors (Lipinski definition) is 4. The number of anilines is 1. The molecule has 0 spiro atoms. The predicted molar refractivity (Wildman–Crippen MR) is 122 cm³/mol. The number of nitrogens with zero attached hydrogens (tertiary/aromatic N) is 2. The molecule has 0 saturated carbocycles. The van der Waals surface area contributed by atoms with Gasteiger partial charge in [-0.15, -0.1) is 0 Å². The van der Waals surface area contributed by atoms with Gasteiger partial charge in [0.15, 0.2) is 0 Å². The number of benzene rings is 1. The summed E-state index contributed by atoms with van der Waals surface area (Å²) >= 11 is 0. The average molecular weight is 477 g/mol. The molecule has 3 heterocycles. The van der Waals surface area contributed by atoms with Crippen molar-refractivity contribution in [2.45, 2.75) is 43.4 Å². The largest absolute Gasteiger partial charge is 0.356 e. The second kappa shape index (κ2) is 10.0. The van der Waals surface area contributed by atoms with Gasteiger partial charge in [-0.3, -0.25) is 9.59 Å². The Morgan fingerprint density at radius 3 is 2.52 bits per heavy atom. The van der Waals surface area contributed by atoms with E-state index in [1.54, 1.807) is 11.0 Å². The molecule has 1 aromatic heterocycles. The number of carbonyl (C=O) groups is 2. The van der Waals surface area contributed by atoms with Gasteiger partial charge in [-0.05, 0) is 49.9 Å². The number of rotatable bonds is 5. The smallest absolute Gasteiger partial charge is 0.270 e. The van der Waals surface area contributed by atoms with Crippen molar-refractivity contribution in [2.75, 3.05) is 31.5 Å². The lowest BCUT2D eigenvalue weighted by Crippen LogP contribution is -2.43. The first-order valence-corrected chi connectivity index (χ1v) is 12.8. The molecule has 178 valence electrons. The maximum Gasteiger partial charge on any atom is 0.270 e. The number of H-pyrrole nitrogens is 1. The molecule has 2 saturated heterocycles. The van der Waals surface area contributed by atoms with Gasteiger partial charge in [0.2, 0.25) is 15.9 Å². The summed E-state index contributed by atoms with van der Waals surface area (Å²) in [5.41, 5.74) is 0.593. The Kier molecular flexibility index (Phi) is 7.14. The van der Waals surface area contributed by atoms with Gasteiger partial charge in [0, 0.05) is 38.1 Å². The number of nitrogens with one attached hydrogen (secondary N) is 2. The molecule has 1 aromatic carbocycles. The zero-order chi connectivity index (χ0) is 23.4. The van der Waals surface area contributed by atoms with Crippen molar-refractivity contribution in [3.05, 3.63) is 48.0 Å². The van der Waals surface area contributed by atoms with Crippen LogP contribution < -0.4 is 5.32 Å². The number of likely N-dealkylation sites (tertiary alicyclic amines) is 1. The van der Waals surface area contributed by atoms with Crippen molar-refractivity contribution < 1.29 is 22.4 Å². The molecule has 4 rings (SSSR count). The Bertz CT molecular complexity index is 1110. The van der Waals surface area contributed by atoms with Gasteiger partial charge < -0.3 is 15.2 Å². The van der Waals surface area contributed by atoms with Crippen LogP contribution in [0.2, 0.25) is 0 Å². The van der Waals surface area contributed by atoms with E-state index in [0.717, 1.165) is 25.7 Å². The normalized spacial score (nSPS) is 20.3. The standard InChI is InChI=1S/C23H29FN4O4S/c24-18-8-5-9-19(13-18)26-22(29)17-7-6-12-28(16-17)33(31,32)20-14-21(25-15-20)23(30)27-10-3-1-2-4-11-27/h5,8-9,13-15,17,25H,1-4,6-7,10-12,16H2,(H,26,29). The van der Waals surface area contributed by atoms with Crippen molar-refractivity contribution in [1.82, 2.24) is 14.2 Å². The minimum absolute atomic E-state index is 0.0202. The lowest BCUT2D eigenvalue weighted by Gasteiger charge is -2.30. The Balaban J connectivity index is 1.43. The molecule has 1 unspecified atom stereocenters. The van der Waals surface area contributed by atoms with Crippen LogP contribution in [0.25, 0.3) is 0 Å². The third-order valence-corrected chi connectivity index (χ3v) is 8.11. The average Bonchev–Trinajstić information content (AvgIpc) is 3.16. The Labute approximate surface area is 193 Å². The quantitative estimate of drug-likeness (QED) is 0.692. The number of amides is 2. The van der Waals surface area contributed by atoms with Crippen LogP contribution >= 0.6 is 0 Å². The Hall–Kier alpha value is -2.72. The second-order valence-electron chi connectivity index (χ2n) is 8.66. The fourth-order valence-corrected chi connectivity index (χ4v) is 5.94. The first kappa shape index (κ1) is 23.4. The third kappa shape index (κ3) is 5.44. The van der Waals surface area contributed by atoms with Crippen LogP contribution in [0.15, 0.2) is 41.4 Å². The van der Waals surface area contributed by atoms with E-state index < -0.39 is 21.8 Å². The van der Waals surface area contributed by atoms with Crippen LogP contribution in [0.4, 0.5) is 10.1 Å². The van der Waals surface area contributed by atoms with E-state index in [4.69, 9.17) is 0 Å². The van der Waals surface area contributed by atoms with Crippen LogP contribution in [-0.4, -0.2) is 60.6 Å². The summed E-state index contributed by atoms with van der Waals surface area (Å²) in [7, 11) is -3.87. The third-order valence-electron chi connectivity index (χ3n) is 6.27. The minimum atomic E-state index is -3.87. The van der Waals surface area contributed by atoms with Gasteiger partial charge in [0.05, 0.1) is 5.92 Å². The van der Waals surface area contributed by atoms with Crippen molar-refractivity contribution in [3.8, 4) is 0 Å². The summed E-state index contributed by atoms with van der Waals surface area (Å²) in [6, 6.07) is 6.98. The fraction of sp³-hybridized carbons (Fsp3) is 0.478. The number of aromatic nitrogens is 1. The number of halogens is 1. The van der Waals surface area contributed by atoms with E-state index in [-0.39, 0.29) is 28.9 Å². The number of carbonyl (C=O) groups excluding carboxylic acids is 2. The van der Waals surface area contributed by atoms with Crippen molar-refractivity contribution >= 4 is 27.5 Å². The van der Waals surface area contributed by atoms with Crippen LogP contribution in [-0.2, 0) is 14.8 Å². The highest BCUT2D eigenvalue weighted by molar-refractivity contribution is 7.89. The molecule has 2 fully saturated rings. The summed E-state index contributed by atoms with van der Waals surface area (Å²) in [5.74, 6) is -1.54. The number of sulfonamides is 1. The van der Waals surface area contributed by atoms with Crippen LogP contribution in [0.3, 0.4) is 0 Å².